The maximum atomic E-state index is 13.3. The average Bonchev–Trinajstić information content (AvgIpc) is 3.41. The van der Waals surface area contributed by atoms with Crippen LogP contribution < -0.4 is 0 Å². The molecule has 13 heteroatoms. The summed E-state index contributed by atoms with van der Waals surface area (Å²) >= 11 is 12.1. The zero-order valence-electron chi connectivity index (χ0n) is 19.2. The SMILES string of the molecule is Cc1ccc(S(=O)(=O)O)c(-c2c(C(=O)c3ccc(Cl)cc3Cl)c(C)nn2C)c1.O=C(O)c1ccn[nH]1. The van der Waals surface area contributed by atoms with Crippen LogP contribution in [0.2, 0.25) is 10.0 Å². The highest BCUT2D eigenvalue weighted by Gasteiger charge is 2.28. The van der Waals surface area contributed by atoms with E-state index in [4.69, 9.17) is 28.3 Å². The third-order valence-electron chi connectivity index (χ3n) is 5.02. The largest absolute Gasteiger partial charge is 0.477 e. The molecule has 4 rings (SSSR count). The van der Waals surface area contributed by atoms with Crippen molar-refractivity contribution in [2.75, 3.05) is 0 Å². The lowest BCUT2D eigenvalue weighted by Gasteiger charge is -2.12. The minimum absolute atomic E-state index is 0.116. The Morgan fingerprint density at radius 3 is 2.28 bits per heavy atom. The summed E-state index contributed by atoms with van der Waals surface area (Å²) in [5.41, 5.74) is 2.13. The van der Waals surface area contributed by atoms with E-state index in [9.17, 15) is 22.6 Å². The Balaban J connectivity index is 0.000000383. The predicted molar refractivity (Wildman–Crippen MR) is 133 cm³/mol. The molecular formula is C23H20Cl2N4O6S. The first-order valence-electron chi connectivity index (χ1n) is 10.2. The maximum Gasteiger partial charge on any atom is 0.353 e. The first-order valence-corrected chi connectivity index (χ1v) is 12.4. The zero-order chi connectivity index (χ0) is 26.8. The monoisotopic (exact) mass is 550 g/mol. The second kappa shape index (κ2) is 10.6. The number of H-pyrrole nitrogens is 1. The summed E-state index contributed by atoms with van der Waals surface area (Å²) in [4.78, 5) is 22.9. The van der Waals surface area contributed by atoms with E-state index in [0.717, 1.165) is 5.56 Å². The van der Waals surface area contributed by atoms with Crippen molar-refractivity contribution in [1.29, 1.82) is 0 Å². The third-order valence-corrected chi connectivity index (χ3v) is 6.48. The molecule has 0 unspecified atom stereocenters. The van der Waals surface area contributed by atoms with E-state index in [-0.39, 0.29) is 38.0 Å². The van der Waals surface area contributed by atoms with E-state index in [1.165, 1.54) is 35.1 Å². The molecular weight excluding hydrogens is 531 g/mol. The van der Waals surface area contributed by atoms with Gasteiger partial charge in [0.1, 0.15) is 10.6 Å². The van der Waals surface area contributed by atoms with Gasteiger partial charge in [0.25, 0.3) is 10.1 Å². The average molecular weight is 551 g/mol. The molecule has 0 aliphatic heterocycles. The fourth-order valence-electron chi connectivity index (χ4n) is 3.48. The number of nitrogens with one attached hydrogen (secondary N) is 1. The van der Waals surface area contributed by atoms with Crippen molar-refractivity contribution >= 4 is 45.1 Å². The smallest absolute Gasteiger partial charge is 0.353 e. The van der Waals surface area contributed by atoms with Gasteiger partial charge >= 0.3 is 5.97 Å². The Bertz CT molecular complexity index is 1560. The van der Waals surface area contributed by atoms with Crippen LogP contribution in [0.3, 0.4) is 0 Å². The van der Waals surface area contributed by atoms with Gasteiger partial charge < -0.3 is 5.11 Å². The second-order valence-electron chi connectivity index (χ2n) is 7.64. The number of halogens is 2. The van der Waals surface area contributed by atoms with E-state index >= 15 is 0 Å². The summed E-state index contributed by atoms with van der Waals surface area (Å²) in [7, 11) is -2.93. The number of ketones is 1. The molecule has 0 amide bonds. The van der Waals surface area contributed by atoms with Crippen molar-refractivity contribution in [3.8, 4) is 11.3 Å². The molecule has 0 atom stereocenters. The summed E-state index contributed by atoms with van der Waals surface area (Å²) in [6.45, 7) is 3.42. The van der Waals surface area contributed by atoms with E-state index in [2.05, 4.69) is 15.3 Å². The first kappa shape index (κ1) is 27.1. The van der Waals surface area contributed by atoms with Crippen LogP contribution in [-0.2, 0) is 17.2 Å². The lowest BCUT2D eigenvalue weighted by atomic mass is 9.97. The lowest BCUT2D eigenvalue weighted by Crippen LogP contribution is -2.08. The van der Waals surface area contributed by atoms with Gasteiger partial charge in [-0.2, -0.15) is 18.6 Å². The third kappa shape index (κ3) is 5.82. The number of benzene rings is 2. The van der Waals surface area contributed by atoms with E-state index in [0.29, 0.717) is 10.7 Å². The number of carbonyl (C=O) groups is 2. The van der Waals surface area contributed by atoms with Crippen molar-refractivity contribution < 1.29 is 27.7 Å². The quantitative estimate of drug-likeness (QED) is 0.240. The molecule has 2 aromatic carbocycles. The molecule has 2 heterocycles. The van der Waals surface area contributed by atoms with E-state index < -0.39 is 21.9 Å². The number of carboxylic acids is 1. The Morgan fingerprint density at radius 1 is 1.06 bits per heavy atom. The number of nitrogens with zero attached hydrogens (tertiary/aromatic N) is 3. The maximum absolute atomic E-state index is 13.3. The van der Waals surface area contributed by atoms with Crippen molar-refractivity contribution in [3.05, 3.63) is 86.8 Å². The van der Waals surface area contributed by atoms with Gasteiger partial charge in [-0.1, -0.05) is 34.8 Å². The van der Waals surface area contributed by atoms with Gasteiger partial charge in [0, 0.05) is 29.4 Å². The zero-order valence-corrected chi connectivity index (χ0v) is 21.5. The molecule has 0 radical (unpaired) electrons. The molecule has 188 valence electrons. The predicted octanol–water partition coefficient (Wildman–Crippen LogP) is 4.60. The summed E-state index contributed by atoms with van der Waals surface area (Å²) in [6, 6.07) is 10.3. The topological polar surface area (TPSA) is 155 Å². The van der Waals surface area contributed by atoms with Crippen LogP contribution >= 0.6 is 23.2 Å². The Kier molecular flexibility index (Phi) is 7.99. The van der Waals surface area contributed by atoms with Crippen LogP contribution in [-0.4, -0.2) is 49.8 Å². The van der Waals surface area contributed by atoms with Crippen LogP contribution in [0.4, 0.5) is 0 Å². The van der Waals surface area contributed by atoms with Gasteiger partial charge in [-0.3, -0.25) is 19.1 Å². The summed E-state index contributed by atoms with van der Waals surface area (Å²) in [5, 5.41) is 18.8. The molecule has 0 bridgehead atoms. The summed E-state index contributed by atoms with van der Waals surface area (Å²) in [6.07, 6.45) is 1.39. The number of aromatic carboxylic acids is 1. The summed E-state index contributed by atoms with van der Waals surface area (Å²) < 4.78 is 34.9. The van der Waals surface area contributed by atoms with Crippen LogP contribution in [0.1, 0.15) is 37.7 Å². The number of hydrogen-bond donors (Lipinski definition) is 3. The molecule has 0 aliphatic carbocycles. The molecule has 0 fully saturated rings. The van der Waals surface area contributed by atoms with Crippen molar-refractivity contribution in [2.24, 2.45) is 7.05 Å². The van der Waals surface area contributed by atoms with Crippen LogP contribution in [0.15, 0.2) is 53.6 Å². The Hall–Kier alpha value is -3.51. The van der Waals surface area contributed by atoms with Crippen molar-refractivity contribution in [1.82, 2.24) is 20.0 Å². The molecule has 4 aromatic rings. The van der Waals surface area contributed by atoms with Crippen LogP contribution in [0.25, 0.3) is 11.3 Å². The van der Waals surface area contributed by atoms with E-state index in [1.54, 1.807) is 39.1 Å². The number of aromatic nitrogens is 4. The minimum atomic E-state index is -4.52. The highest BCUT2D eigenvalue weighted by atomic mass is 35.5. The van der Waals surface area contributed by atoms with E-state index in [1.807, 2.05) is 0 Å². The Morgan fingerprint density at radius 2 is 1.75 bits per heavy atom. The molecule has 36 heavy (non-hydrogen) atoms. The number of rotatable bonds is 5. The summed E-state index contributed by atoms with van der Waals surface area (Å²) in [5.74, 6) is -1.41. The number of aryl methyl sites for hydroxylation is 3. The van der Waals surface area contributed by atoms with Crippen LogP contribution in [0, 0.1) is 13.8 Å². The van der Waals surface area contributed by atoms with Gasteiger partial charge in [0.2, 0.25) is 0 Å². The number of carboxylic acid groups (broad SMARTS) is 1. The van der Waals surface area contributed by atoms with Crippen molar-refractivity contribution in [3.63, 3.8) is 0 Å². The van der Waals surface area contributed by atoms with Gasteiger partial charge in [-0.15, -0.1) is 0 Å². The molecule has 0 saturated carbocycles. The Labute approximate surface area is 216 Å². The highest BCUT2D eigenvalue weighted by molar-refractivity contribution is 7.86. The molecule has 10 nitrogen and oxygen atoms in total. The molecule has 0 aliphatic rings. The normalized spacial score (nSPS) is 11.1. The first-order chi connectivity index (χ1) is 16.8. The fourth-order valence-corrected chi connectivity index (χ4v) is 4.64. The molecule has 3 N–H and O–H groups in total. The minimum Gasteiger partial charge on any atom is -0.477 e. The fraction of sp³-hybridized carbons (Fsp3) is 0.130. The highest BCUT2D eigenvalue weighted by Crippen LogP contribution is 2.34. The van der Waals surface area contributed by atoms with Gasteiger partial charge in [0.15, 0.2) is 5.78 Å². The van der Waals surface area contributed by atoms with Gasteiger partial charge in [0.05, 0.1) is 22.0 Å². The van der Waals surface area contributed by atoms with Gasteiger partial charge in [-0.05, 0) is 50.2 Å². The van der Waals surface area contributed by atoms with Gasteiger partial charge in [-0.25, -0.2) is 4.79 Å². The lowest BCUT2D eigenvalue weighted by molar-refractivity contribution is 0.0690. The number of carbonyl (C=O) groups excluding carboxylic acids is 1. The second-order valence-corrected chi connectivity index (χ2v) is 9.87. The number of hydrogen-bond acceptors (Lipinski definition) is 6. The molecule has 0 spiro atoms. The number of aromatic amines is 1. The van der Waals surface area contributed by atoms with Crippen molar-refractivity contribution in [2.45, 2.75) is 18.7 Å². The molecule has 2 aromatic heterocycles. The molecule has 0 saturated heterocycles. The standard InChI is InChI=1S/C19H16Cl2N2O4S.C4H4N2O2/c1-10-4-7-16(28(25,26)27)14(8-10)18-17(11(2)22-23(18)3)19(24)13-6-5-12(20)9-15(13)21;7-4(8)3-1-2-5-6-3/h4-9H,1-3H3,(H,25,26,27);1-2H,(H,5,6)(H,7,8). The van der Waals surface area contributed by atoms with Crippen LogP contribution in [0.5, 0.6) is 0 Å².